The van der Waals surface area contributed by atoms with E-state index in [2.05, 4.69) is 32.6 Å². The fourth-order valence-electron chi connectivity index (χ4n) is 3.18. The molecule has 0 bridgehead atoms. The number of halogens is 3. The Morgan fingerprint density at radius 2 is 2.00 bits per heavy atom. The molecule has 3 rings (SSSR count). The van der Waals surface area contributed by atoms with Gasteiger partial charge < -0.3 is 10.6 Å². The van der Waals surface area contributed by atoms with E-state index in [-0.39, 0.29) is 10.7 Å². The molecule has 1 aliphatic heterocycles. The number of thiocarbonyl (C=S) groups is 1. The third-order valence-corrected chi connectivity index (χ3v) is 4.68. The molecule has 1 fully saturated rings. The Morgan fingerprint density at radius 1 is 1.24 bits per heavy atom. The molecule has 1 aromatic heterocycles. The molecular formula is C19H21F3N6S. The molecule has 1 aromatic carbocycles. The summed E-state index contributed by atoms with van der Waals surface area (Å²) in [5.41, 5.74) is 8.35. The second-order valence-corrected chi connectivity index (χ2v) is 7.07. The highest BCUT2D eigenvalue weighted by atomic mass is 32.1. The van der Waals surface area contributed by atoms with Crippen LogP contribution in [-0.4, -0.2) is 47.4 Å². The van der Waals surface area contributed by atoms with E-state index in [1.165, 1.54) is 12.1 Å². The van der Waals surface area contributed by atoms with Crippen LogP contribution in [0.1, 0.15) is 16.7 Å². The van der Waals surface area contributed by atoms with Crippen LogP contribution >= 0.6 is 12.2 Å². The maximum atomic E-state index is 13.5. The SMILES string of the molecule is NC(=S)NN=Cc1ccc(N2CCN(Cc3cccnc3)CC2)cc1C(F)(F)F. The molecule has 1 aliphatic rings. The van der Waals surface area contributed by atoms with E-state index >= 15 is 0 Å². The Morgan fingerprint density at radius 3 is 2.62 bits per heavy atom. The van der Waals surface area contributed by atoms with Gasteiger partial charge in [-0.3, -0.25) is 15.3 Å². The van der Waals surface area contributed by atoms with Crippen molar-refractivity contribution in [3.8, 4) is 0 Å². The normalized spacial score (nSPS) is 15.6. The Bertz CT molecular complexity index is 864. The molecule has 10 heteroatoms. The van der Waals surface area contributed by atoms with E-state index < -0.39 is 11.7 Å². The summed E-state index contributed by atoms with van der Waals surface area (Å²) in [7, 11) is 0. The molecule has 1 saturated heterocycles. The highest BCUT2D eigenvalue weighted by molar-refractivity contribution is 7.80. The quantitative estimate of drug-likeness (QED) is 0.439. The van der Waals surface area contributed by atoms with Crippen molar-refractivity contribution in [3.05, 3.63) is 59.4 Å². The maximum Gasteiger partial charge on any atom is 0.417 e. The Kier molecular flexibility index (Phi) is 6.65. The largest absolute Gasteiger partial charge is 0.417 e. The lowest BCUT2D eigenvalue weighted by Gasteiger charge is -2.36. The molecule has 0 spiro atoms. The zero-order valence-corrected chi connectivity index (χ0v) is 16.4. The van der Waals surface area contributed by atoms with Crippen molar-refractivity contribution in [2.45, 2.75) is 12.7 Å². The van der Waals surface area contributed by atoms with Crippen molar-refractivity contribution in [1.82, 2.24) is 15.3 Å². The number of hydrazone groups is 1. The van der Waals surface area contributed by atoms with Crippen molar-refractivity contribution < 1.29 is 13.2 Å². The molecule has 0 radical (unpaired) electrons. The Balaban J connectivity index is 1.69. The summed E-state index contributed by atoms with van der Waals surface area (Å²) in [4.78, 5) is 8.34. The third kappa shape index (κ3) is 5.88. The van der Waals surface area contributed by atoms with Crippen molar-refractivity contribution in [2.75, 3.05) is 31.1 Å². The van der Waals surface area contributed by atoms with Crippen molar-refractivity contribution in [2.24, 2.45) is 10.8 Å². The lowest BCUT2D eigenvalue weighted by molar-refractivity contribution is -0.137. The number of piperazine rings is 1. The van der Waals surface area contributed by atoms with Crippen LogP contribution in [0.15, 0.2) is 47.8 Å². The first-order chi connectivity index (χ1) is 13.8. The molecule has 0 amide bonds. The minimum atomic E-state index is -4.50. The van der Waals surface area contributed by atoms with Crippen LogP contribution in [-0.2, 0) is 12.7 Å². The number of pyridine rings is 1. The minimum absolute atomic E-state index is 0.0554. The van der Waals surface area contributed by atoms with Gasteiger partial charge in [-0.2, -0.15) is 18.3 Å². The molecule has 154 valence electrons. The first-order valence-electron chi connectivity index (χ1n) is 8.99. The predicted molar refractivity (Wildman–Crippen MR) is 111 cm³/mol. The molecule has 3 N–H and O–H groups in total. The molecular weight excluding hydrogens is 401 g/mol. The second kappa shape index (κ2) is 9.19. The number of nitrogens with two attached hydrogens (primary N) is 1. The van der Waals surface area contributed by atoms with Gasteiger partial charge in [0.1, 0.15) is 0 Å². The molecule has 29 heavy (non-hydrogen) atoms. The van der Waals surface area contributed by atoms with Gasteiger partial charge >= 0.3 is 6.18 Å². The van der Waals surface area contributed by atoms with Gasteiger partial charge in [0.25, 0.3) is 0 Å². The minimum Gasteiger partial charge on any atom is -0.375 e. The van der Waals surface area contributed by atoms with Crippen LogP contribution < -0.4 is 16.1 Å². The molecule has 0 atom stereocenters. The summed E-state index contributed by atoms with van der Waals surface area (Å²) in [5.74, 6) is 0. The van der Waals surface area contributed by atoms with E-state index in [0.29, 0.717) is 18.8 Å². The monoisotopic (exact) mass is 422 g/mol. The number of aromatic nitrogens is 1. The molecule has 2 heterocycles. The van der Waals surface area contributed by atoms with Gasteiger partial charge in [0.2, 0.25) is 0 Å². The summed E-state index contributed by atoms with van der Waals surface area (Å²) in [6.07, 6.45) is 0.128. The maximum absolute atomic E-state index is 13.5. The van der Waals surface area contributed by atoms with E-state index in [9.17, 15) is 13.2 Å². The Hall–Kier alpha value is -2.72. The fourth-order valence-corrected chi connectivity index (χ4v) is 3.23. The number of hydrogen-bond donors (Lipinski definition) is 2. The first kappa shape index (κ1) is 21.0. The summed E-state index contributed by atoms with van der Waals surface area (Å²) >= 11 is 4.59. The molecule has 0 saturated carbocycles. The zero-order chi connectivity index (χ0) is 20.9. The molecule has 6 nitrogen and oxygen atoms in total. The average Bonchev–Trinajstić information content (AvgIpc) is 2.68. The first-order valence-corrected chi connectivity index (χ1v) is 9.40. The van der Waals surface area contributed by atoms with Crippen LogP contribution in [0.3, 0.4) is 0 Å². The smallest absolute Gasteiger partial charge is 0.375 e. The van der Waals surface area contributed by atoms with E-state index in [4.69, 9.17) is 5.73 Å². The van der Waals surface area contributed by atoms with Gasteiger partial charge in [-0.1, -0.05) is 12.1 Å². The van der Waals surface area contributed by atoms with E-state index in [1.807, 2.05) is 23.2 Å². The second-order valence-electron chi connectivity index (χ2n) is 6.63. The zero-order valence-electron chi connectivity index (χ0n) is 15.6. The highest BCUT2D eigenvalue weighted by Gasteiger charge is 2.34. The van der Waals surface area contributed by atoms with Crippen LogP contribution in [0, 0.1) is 0 Å². The summed E-state index contributed by atoms with van der Waals surface area (Å²) in [5, 5.41) is 3.53. The average molecular weight is 422 g/mol. The summed E-state index contributed by atoms with van der Waals surface area (Å²) < 4.78 is 40.6. The highest BCUT2D eigenvalue weighted by Crippen LogP contribution is 2.34. The standard InChI is InChI=1S/C19H21F3N6S/c20-19(21,22)17-10-16(4-3-15(17)12-25-26-18(23)29)28-8-6-27(7-9-28)13-14-2-1-5-24-11-14/h1-5,10-12H,6-9,13H2,(H3,23,26,29). The lowest BCUT2D eigenvalue weighted by Crippen LogP contribution is -2.46. The van der Waals surface area contributed by atoms with Crippen LogP contribution in [0.5, 0.6) is 0 Å². The number of anilines is 1. The molecule has 2 aromatic rings. The van der Waals surface area contributed by atoms with Gasteiger partial charge in [0, 0.05) is 56.4 Å². The molecule has 0 unspecified atom stereocenters. The topological polar surface area (TPSA) is 69.8 Å². The van der Waals surface area contributed by atoms with Gasteiger partial charge in [0.05, 0.1) is 11.8 Å². The van der Waals surface area contributed by atoms with Crippen molar-refractivity contribution in [3.63, 3.8) is 0 Å². The van der Waals surface area contributed by atoms with E-state index in [0.717, 1.165) is 31.4 Å². The van der Waals surface area contributed by atoms with Crippen LogP contribution in [0.4, 0.5) is 18.9 Å². The fraction of sp³-hybridized carbons (Fsp3) is 0.316. The lowest BCUT2D eigenvalue weighted by atomic mass is 10.1. The van der Waals surface area contributed by atoms with Gasteiger partial charge in [-0.15, -0.1) is 0 Å². The predicted octanol–water partition coefficient (Wildman–Crippen LogP) is 2.59. The number of nitrogens with zero attached hydrogens (tertiary/aromatic N) is 4. The van der Waals surface area contributed by atoms with Gasteiger partial charge in [-0.05, 0) is 36.0 Å². The molecule has 0 aliphatic carbocycles. The number of benzene rings is 1. The van der Waals surface area contributed by atoms with Gasteiger partial charge in [-0.25, -0.2) is 0 Å². The Labute approximate surface area is 172 Å². The van der Waals surface area contributed by atoms with Crippen molar-refractivity contribution in [1.29, 1.82) is 0 Å². The van der Waals surface area contributed by atoms with Crippen molar-refractivity contribution >= 4 is 29.2 Å². The summed E-state index contributed by atoms with van der Waals surface area (Å²) in [6.45, 7) is 3.59. The van der Waals surface area contributed by atoms with Crippen LogP contribution in [0.25, 0.3) is 0 Å². The van der Waals surface area contributed by atoms with Gasteiger partial charge in [0.15, 0.2) is 5.11 Å². The summed E-state index contributed by atoms with van der Waals surface area (Å²) in [6, 6.07) is 8.16. The number of nitrogens with one attached hydrogen (secondary N) is 1. The third-order valence-electron chi connectivity index (χ3n) is 4.59. The number of hydrogen-bond acceptors (Lipinski definition) is 5. The van der Waals surface area contributed by atoms with E-state index in [1.54, 1.807) is 12.3 Å². The number of alkyl halides is 3. The van der Waals surface area contributed by atoms with Crippen LogP contribution in [0.2, 0.25) is 0 Å². The number of rotatable bonds is 5.